The Balaban J connectivity index is 2.09. The van der Waals surface area contributed by atoms with Gasteiger partial charge in [-0.25, -0.2) is 0 Å². The molecule has 0 aliphatic heterocycles. The number of nitrogens with zero attached hydrogens (tertiary/aromatic N) is 1. The van der Waals surface area contributed by atoms with E-state index in [0.717, 1.165) is 39.3 Å². The van der Waals surface area contributed by atoms with Gasteiger partial charge in [0.25, 0.3) is 0 Å². The molecule has 116 valence electrons. The van der Waals surface area contributed by atoms with Gasteiger partial charge in [-0.3, -0.25) is 0 Å². The quantitative estimate of drug-likeness (QED) is 0.710. The molecule has 0 aliphatic carbocycles. The fourth-order valence-corrected chi connectivity index (χ4v) is 2.64. The van der Waals surface area contributed by atoms with Gasteiger partial charge in [-0.2, -0.15) is 0 Å². The van der Waals surface area contributed by atoms with E-state index in [1.807, 2.05) is 6.92 Å². The second-order valence-corrected chi connectivity index (χ2v) is 5.92. The Kier molecular flexibility index (Phi) is 6.27. The van der Waals surface area contributed by atoms with Gasteiger partial charge in [0.15, 0.2) is 0 Å². The summed E-state index contributed by atoms with van der Waals surface area (Å²) in [5.41, 5.74) is 2.70. The molecule has 0 unspecified atom stereocenters. The second-order valence-electron chi connectivity index (χ2n) is 5.92. The van der Waals surface area contributed by atoms with Crippen molar-refractivity contribution in [2.24, 2.45) is 5.92 Å². The fourth-order valence-electron chi connectivity index (χ4n) is 2.64. The van der Waals surface area contributed by atoms with E-state index in [9.17, 15) is 0 Å². The molecule has 1 aromatic carbocycles. The molecule has 1 aromatic heterocycles. The van der Waals surface area contributed by atoms with Crippen molar-refractivity contribution in [2.45, 2.75) is 40.3 Å². The Morgan fingerprint density at radius 2 is 2.05 bits per heavy atom. The molecule has 0 radical (unpaired) electrons. The van der Waals surface area contributed by atoms with E-state index < -0.39 is 0 Å². The van der Waals surface area contributed by atoms with Crippen molar-refractivity contribution in [3.63, 3.8) is 0 Å². The second kappa shape index (κ2) is 8.20. The fraction of sp³-hybridized carbons (Fsp3) is 0.556. The number of fused-ring (bicyclic) bond motifs is 1. The maximum atomic E-state index is 5.47. The van der Waals surface area contributed by atoms with Crippen LogP contribution in [0.4, 0.5) is 0 Å². The summed E-state index contributed by atoms with van der Waals surface area (Å²) in [4.78, 5) is 0. The number of aromatic nitrogens is 1. The largest absolute Gasteiger partial charge is 0.382 e. The third-order valence-corrected chi connectivity index (χ3v) is 3.63. The zero-order chi connectivity index (χ0) is 15.1. The van der Waals surface area contributed by atoms with E-state index in [4.69, 9.17) is 4.74 Å². The molecule has 0 spiro atoms. The van der Waals surface area contributed by atoms with E-state index in [0.29, 0.717) is 5.92 Å². The number of rotatable bonds is 9. The van der Waals surface area contributed by atoms with E-state index >= 15 is 0 Å². The molecule has 1 heterocycles. The minimum absolute atomic E-state index is 0.681. The van der Waals surface area contributed by atoms with Gasteiger partial charge in [0.05, 0.1) is 0 Å². The van der Waals surface area contributed by atoms with Gasteiger partial charge in [-0.15, -0.1) is 0 Å². The van der Waals surface area contributed by atoms with E-state index in [-0.39, 0.29) is 0 Å². The maximum Gasteiger partial charge on any atom is 0.0482 e. The predicted octanol–water partition coefficient (Wildman–Crippen LogP) is 3.81. The van der Waals surface area contributed by atoms with Crippen molar-refractivity contribution >= 4 is 10.9 Å². The lowest BCUT2D eigenvalue weighted by Crippen LogP contribution is -2.21. The number of para-hydroxylation sites is 1. The van der Waals surface area contributed by atoms with E-state index in [2.05, 4.69) is 54.1 Å². The number of hydrogen-bond acceptors (Lipinski definition) is 2. The van der Waals surface area contributed by atoms with Crippen LogP contribution < -0.4 is 5.32 Å². The van der Waals surface area contributed by atoms with Gasteiger partial charge >= 0.3 is 0 Å². The van der Waals surface area contributed by atoms with Crippen LogP contribution in [0.3, 0.4) is 0 Å². The molecule has 0 saturated heterocycles. The summed E-state index contributed by atoms with van der Waals surface area (Å²) < 4.78 is 7.90. The highest BCUT2D eigenvalue weighted by Gasteiger charge is 2.08. The molecule has 3 nitrogen and oxygen atoms in total. The zero-order valence-electron chi connectivity index (χ0n) is 13.6. The third-order valence-electron chi connectivity index (χ3n) is 3.63. The van der Waals surface area contributed by atoms with Crippen LogP contribution in [0.25, 0.3) is 10.9 Å². The van der Waals surface area contributed by atoms with Crippen LogP contribution >= 0.6 is 0 Å². The molecule has 0 fully saturated rings. The Morgan fingerprint density at radius 3 is 2.81 bits per heavy atom. The van der Waals surface area contributed by atoms with Crippen LogP contribution in [0.5, 0.6) is 0 Å². The molecule has 0 saturated carbocycles. The molecule has 0 bridgehead atoms. The first-order valence-electron chi connectivity index (χ1n) is 8.08. The van der Waals surface area contributed by atoms with Crippen LogP contribution in [0.15, 0.2) is 30.3 Å². The number of hydrogen-bond donors (Lipinski definition) is 1. The average molecular weight is 288 g/mol. The number of nitrogens with one attached hydrogen (secondary N) is 1. The molecule has 1 N–H and O–H groups in total. The number of benzene rings is 1. The smallest absolute Gasteiger partial charge is 0.0482 e. The topological polar surface area (TPSA) is 26.2 Å². The Labute approximate surface area is 128 Å². The summed E-state index contributed by atoms with van der Waals surface area (Å²) in [6, 6.07) is 10.9. The van der Waals surface area contributed by atoms with Crippen molar-refractivity contribution in [3.8, 4) is 0 Å². The van der Waals surface area contributed by atoms with Gasteiger partial charge in [0.2, 0.25) is 0 Å². The highest BCUT2D eigenvalue weighted by molar-refractivity contribution is 5.81. The SMILES string of the molecule is CCOCCCn1c(CNCC(C)C)cc2ccccc21. The van der Waals surface area contributed by atoms with Crippen LogP contribution in [-0.2, 0) is 17.8 Å². The molecule has 21 heavy (non-hydrogen) atoms. The lowest BCUT2D eigenvalue weighted by molar-refractivity contribution is 0.141. The van der Waals surface area contributed by atoms with Gasteiger partial charge in [0.1, 0.15) is 0 Å². The van der Waals surface area contributed by atoms with Gasteiger partial charge in [0, 0.05) is 37.5 Å². The zero-order valence-corrected chi connectivity index (χ0v) is 13.6. The van der Waals surface area contributed by atoms with Gasteiger partial charge in [-0.1, -0.05) is 32.0 Å². The first-order valence-corrected chi connectivity index (χ1v) is 8.08. The molecule has 0 amide bonds. The standard InChI is InChI=1S/C18H28N2O/c1-4-21-11-7-10-20-17(14-19-13-15(2)3)12-16-8-5-6-9-18(16)20/h5-6,8-9,12,15,19H,4,7,10-11,13-14H2,1-3H3. The maximum absolute atomic E-state index is 5.47. The Morgan fingerprint density at radius 1 is 1.24 bits per heavy atom. The first-order chi connectivity index (χ1) is 10.2. The summed E-state index contributed by atoms with van der Waals surface area (Å²) in [7, 11) is 0. The molecular weight excluding hydrogens is 260 g/mol. The highest BCUT2D eigenvalue weighted by Crippen LogP contribution is 2.20. The summed E-state index contributed by atoms with van der Waals surface area (Å²) in [6.45, 7) is 11.2. The normalized spacial score (nSPS) is 11.6. The van der Waals surface area contributed by atoms with Crippen LogP contribution in [0.2, 0.25) is 0 Å². The molecule has 0 atom stereocenters. The number of ether oxygens (including phenoxy) is 1. The van der Waals surface area contributed by atoms with Crippen LogP contribution in [0, 0.1) is 5.92 Å². The van der Waals surface area contributed by atoms with Crippen molar-refractivity contribution in [1.82, 2.24) is 9.88 Å². The predicted molar refractivity (Wildman–Crippen MR) is 89.6 cm³/mol. The lowest BCUT2D eigenvalue weighted by Gasteiger charge is -2.12. The van der Waals surface area contributed by atoms with Crippen molar-refractivity contribution in [1.29, 1.82) is 0 Å². The van der Waals surface area contributed by atoms with E-state index in [1.54, 1.807) is 0 Å². The molecule has 2 rings (SSSR count). The lowest BCUT2D eigenvalue weighted by atomic mass is 10.2. The summed E-state index contributed by atoms with van der Waals surface area (Å²) in [5, 5.41) is 4.88. The summed E-state index contributed by atoms with van der Waals surface area (Å²) in [6.07, 6.45) is 1.06. The molecule has 3 heteroatoms. The molecule has 0 aliphatic rings. The Hall–Kier alpha value is -1.32. The summed E-state index contributed by atoms with van der Waals surface area (Å²) >= 11 is 0. The van der Waals surface area contributed by atoms with Crippen molar-refractivity contribution in [3.05, 3.63) is 36.0 Å². The van der Waals surface area contributed by atoms with Crippen molar-refractivity contribution in [2.75, 3.05) is 19.8 Å². The average Bonchev–Trinajstić information content (AvgIpc) is 2.81. The third kappa shape index (κ3) is 4.58. The van der Waals surface area contributed by atoms with Gasteiger partial charge < -0.3 is 14.6 Å². The van der Waals surface area contributed by atoms with E-state index in [1.165, 1.54) is 16.6 Å². The highest BCUT2D eigenvalue weighted by atomic mass is 16.5. The Bertz CT molecular complexity index is 545. The van der Waals surface area contributed by atoms with Crippen molar-refractivity contribution < 1.29 is 4.74 Å². The first kappa shape index (κ1) is 16.1. The van der Waals surface area contributed by atoms with Crippen LogP contribution in [0.1, 0.15) is 32.9 Å². The minimum atomic E-state index is 0.681. The molecular formula is C18H28N2O. The molecule has 2 aromatic rings. The minimum Gasteiger partial charge on any atom is -0.382 e. The van der Waals surface area contributed by atoms with Crippen LogP contribution in [-0.4, -0.2) is 24.3 Å². The van der Waals surface area contributed by atoms with Gasteiger partial charge in [-0.05, 0) is 43.3 Å². The summed E-state index contributed by atoms with van der Waals surface area (Å²) in [5.74, 6) is 0.681. The monoisotopic (exact) mass is 288 g/mol. The number of aryl methyl sites for hydroxylation is 1.